The third-order valence-corrected chi connectivity index (χ3v) is 7.50. The average Bonchev–Trinajstić information content (AvgIpc) is 3.42. The molecule has 3 aromatic rings. The predicted octanol–water partition coefficient (Wildman–Crippen LogP) is 4.23. The highest BCUT2D eigenvalue weighted by Gasteiger charge is 2.51. The molecule has 156 valence electrons. The van der Waals surface area contributed by atoms with Crippen LogP contribution in [-0.4, -0.2) is 29.4 Å². The van der Waals surface area contributed by atoms with Gasteiger partial charge in [0, 0.05) is 61.9 Å². The normalized spacial score (nSPS) is 21.5. The Morgan fingerprint density at radius 2 is 1.06 bits per heavy atom. The van der Waals surface area contributed by atoms with E-state index in [-0.39, 0.29) is 46.1 Å². The molecule has 0 aliphatic heterocycles. The molecule has 7 rings (SSSR count). The molecule has 0 fully saturated rings. The number of carbonyl (C=O) groups excluding carboxylic acids is 5. The monoisotopic (exact) mass is 430 g/mol. The summed E-state index contributed by atoms with van der Waals surface area (Å²) in [6.07, 6.45) is 1.24. The van der Waals surface area contributed by atoms with Crippen molar-refractivity contribution in [2.45, 2.75) is 18.3 Å². The van der Waals surface area contributed by atoms with Gasteiger partial charge in [0.15, 0.2) is 23.1 Å². The lowest BCUT2D eigenvalue weighted by molar-refractivity contribution is 0.0970. The zero-order valence-corrected chi connectivity index (χ0v) is 17.2. The van der Waals surface area contributed by atoms with E-state index < -0.39 is 0 Å². The van der Waals surface area contributed by atoms with Crippen molar-refractivity contribution >= 4 is 29.4 Å². The molecule has 0 amide bonds. The molecule has 0 saturated heterocycles. The minimum Gasteiger partial charge on any atom is -0.298 e. The first-order chi connectivity index (χ1) is 16.0. The van der Waals surface area contributed by atoms with Crippen molar-refractivity contribution in [2.75, 3.05) is 0 Å². The first-order valence-electron chi connectivity index (χ1n) is 10.8. The summed E-state index contributed by atoms with van der Waals surface area (Å²) in [6.45, 7) is 0. The van der Waals surface area contributed by atoms with Crippen molar-refractivity contribution in [3.8, 4) is 0 Å². The second-order valence-electron chi connectivity index (χ2n) is 8.98. The molecule has 0 saturated carbocycles. The zero-order chi connectivity index (χ0) is 22.6. The minimum atomic E-state index is -0.306. The molecule has 2 bridgehead atoms. The second-order valence-corrected chi connectivity index (χ2v) is 8.98. The van der Waals surface area contributed by atoms with Crippen LogP contribution in [0, 0.1) is 0 Å². The SMILES string of the molecule is O=Cc1ccc2c(c1)C(=O)c1cc3c(cc1C2=O)[C@H]1C[C@@H]3C2=C1C(=O)c1ccccc1C2=O. The van der Waals surface area contributed by atoms with Gasteiger partial charge in [-0.3, -0.25) is 24.0 Å². The molecule has 0 N–H and O–H groups in total. The molecule has 0 heterocycles. The van der Waals surface area contributed by atoms with Gasteiger partial charge in [-0.15, -0.1) is 0 Å². The average molecular weight is 430 g/mol. The van der Waals surface area contributed by atoms with E-state index >= 15 is 0 Å². The van der Waals surface area contributed by atoms with E-state index in [0.717, 1.165) is 11.1 Å². The van der Waals surface area contributed by atoms with Gasteiger partial charge in [-0.1, -0.05) is 30.3 Å². The Bertz CT molecular complexity index is 1590. The van der Waals surface area contributed by atoms with Gasteiger partial charge in [-0.05, 0) is 41.8 Å². The van der Waals surface area contributed by atoms with Crippen LogP contribution in [-0.2, 0) is 0 Å². The van der Waals surface area contributed by atoms with Crippen molar-refractivity contribution in [3.05, 3.63) is 116 Å². The Labute approximate surface area is 187 Å². The van der Waals surface area contributed by atoms with Crippen LogP contribution in [0.1, 0.15) is 92.3 Å². The van der Waals surface area contributed by atoms with Gasteiger partial charge in [0.1, 0.15) is 6.29 Å². The van der Waals surface area contributed by atoms with Crippen LogP contribution in [0.5, 0.6) is 0 Å². The summed E-state index contributed by atoms with van der Waals surface area (Å²) in [6, 6.07) is 14.8. The van der Waals surface area contributed by atoms with Crippen LogP contribution in [0.25, 0.3) is 0 Å². The van der Waals surface area contributed by atoms with E-state index in [4.69, 9.17) is 0 Å². The highest BCUT2D eigenvalue weighted by Crippen LogP contribution is 2.59. The molecule has 0 radical (unpaired) electrons. The largest absolute Gasteiger partial charge is 0.298 e. The first-order valence-corrected chi connectivity index (χ1v) is 10.8. The van der Waals surface area contributed by atoms with E-state index in [9.17, 15) is 24.0 Å². The van der Waals surface area contributed by atoms with Gasteiger partial charge in [-0.25, -0.2) is 0 Å². The lowest BCUT2D eigenvalue weighted by Crippen LogP contribution is -2.27. The zero-order valence-electron chi connectivity index (χ0n) is 17.2. The maximum absolute atomic E-state index is 13.3. The number of fused-ring (bicyclic) bond motifs is 10. The van der Waals surface area contributed by atoms with Crippen molar-refractivity contribution in [2.24, 2.45) is 0 Å². The molecule has 3 aromatic carbocycles. The second kappa shape index (κ2) is 5.95. The maximum Gasteiger partial charge on any atom is 0.194 e. The molecule has 0 unspecified atom stereocenters. The van der Waals surface area contributed by atoms with Crippen molar-refractivity contribution in [3.63, 3.8) is 0 Å². The number of hydrogen-bond donors (Lipinski definition) is 0. The minimum absolute atomic E-state index is 0.120. The Balaban J connectivity index is 1.41. The summed E-state index contributed by atoms with van der Waals surface area (Å²) in [4.78, 5) is 64.4. The van der Waals surface area contributed by atoms with Crippen LogP contribution in [0.3, 0.4) is 0 Å². The Hall–Kier alpha value is -4.25. The van der Waals surface area contributed by atoms with Gasteiger partial charge < -0.3 is 0 Å². The summed E-state index contributed by atoms with van der Waals surface area (Å²) >= 11 is 0. The fourth-order valence-electron chi connectivity index (χ4n) is 6.07. The van der Waals surface area contributed by atoms with E-state index in [2.05, 4.69) is 0 Å². The fourth-order valence-corrected chi connectivity index (χ4v) is 6.07. The van der Waals surface area contributed by atoms with Gasteiger partial charge in [-0.2, -0.15) is 0 Å². The molecule has 5 heteroatoms. The molecule has 4 aliphatic carbocycles. The number of benzene rings is 3. The van der Waals surface area contributed by atoms with Crippen molar-refractivity contribution < 1.29 is 24.0 Å². The maximum atomic E-state index is 13.3. The number of carbonyl (C=O) groups is 5. The summed E-state index contributed by atoms with van der Waals surface area (Å²) < 4.78 is 0. The molecule has 0 aromatic heterocycles. The first kappa shape index (κ1) is 18.3. The number of Topliss-reactive ketones (excluding diaryl/α,β-unsaturated/α-hetero) is 2. The molecule has 4 aliphatic rings. The topological polar surface area (TPSA) is 85.3 Å². The predicted molar refractivity (Wildman–Crippen MR) is 117 cm³/mol. The number of allylic oxidation sites excluding steroid dienone is 2. The molecular formula is C28H14O5. The van der Waals surface area contributed by atoms with Crippen LogP contribution in [0.4, 0.5) is 0 Å². The molecule has 33 heavy (non-hydrogen) atoms. The molecule has 0 spiro atoms. The summed E-state index contributed by atoms with van der Waals surface area (Å²) in [5.74, 6) is -1.34. The Morgan fingerprint density at radius 1 is 0.576 bits per heavy atom. The highest BCUT2D eigenvalue weighted by atomic mass is 16.1. The van der Waals surface area contributed by atoms with E-state index in [1.807, 2.05) is 0 Å². The van der Waals surface area contributed by atoms with E-state index in [1.54, 1.807) is 36.4 Å². The quantitative estimate of drug-likeness (QED) is 0.422. The Morgan fingerprint density at radius 3 is 1.61 bits per heavy atom. The van der Waals surface area contributed by atoms with E-state index in [1.165, 1.54) is 18.2 Å². The Kier molecular flexibility index (Phi) is 3.31. The van der Waals surface area contributed by atoms with Crippen LogP contribution < -0.4 is 0 Å². The highest BCUT2D eigenvalue weighted by molar-refractivity contribution is 6.30. The molecule has 2 atom stereocenters. The van der Waals surface area contributed by atoms with Crippen LogP contribution >= 0.6 is 0 Å². The van der Waals surface area contributed by atoms with Crippen LogP contribution in [0.15, 0.2) is 65.7 Å². The standard InChI is InChI=1S/C28H14O5/c29-11-12-5-6-15-20(7-12)26(31)22-9-17-16(8-21(22)25(15)30)18-10-19(17)24-23(18)27(32)13-3-1-2-4-14(13)28(24)33/h1-9,11,18-19H,10H2/t18-,19+/m1/s1. The van der Waals surface area contributed by atoms with Gasteiger partial charge in [0.25, 0.3) is 0 Å². The third kappa shape index (κ3) is 2.09. The third-order valence-electron chi connectivity index (χ3n) is 7.50. The lowest BCUT2D eigenvalue weighted by atomic mass is 9.73. The number of hydrogen-bond acceptors (Lipinski definition) is 5. The molecule has 5 nitrogen and oxygen atoms in total. The summed E-state index contributed by atoms with van der Waals surface area (Å²) in [7, 11) is 0. The number of ketones is 4. The molecular weight excluding hydrogens is 416 g/mol. The van der Waals surface area contributed by atoms with Crippen LogP contribution in [0.2, 0.25) is 0 Å². The van der Waals surface area contributed by atoms with E-state index in [0.29, 0.717) is 51.7 Å². The smallest absolute Gasteiger partial charge is 0.194 e. The summed E-state index contributed by atoms with van der Waals surface area (Å²) in [5, 5.41) is 0. The van der Waals surface area contributed by atoms with Crippen molar-refractivity contribution in [1.29, 1.82) is 0 Å². The number of aldehydes is 1. The van der Waals surface area contributed by atoms with Crippen molar-refractivity contribution in [1.82, 2.24) is 0 Å². The van der Waals surface area contributed by atoms with Gasteiger partial charge in [0.05, 0.1) is 0 Å². The summed E-state index contributed by atoms with van der Waals surface area (Å²) in [5.41, 5.74) is 5.07. The lowest BCUT2D eigenvalue weighted by Gasteiger charge is -2.28. The fraction of sp³-hybridized carbons (Fsp3) is 0.107. The van der Waals surface area contributed by atoms with Gasteiger partial charge >= 0.3 is 0 Å². The van der Waals surface area contributed by atoms with Gasteiger partial charge in [0.2, 0.25) is 0 Å². The number of rotatable bonds is 1.